The molecule has 2 N–H and O–H groups in total. The normalized spacial score (nSPS) is 23.1. The fourth-order valence-corrected chi connectivity index (χ4v) is 2.95. The molecule has 1 aliphatic rings. The number of rotatable bonds is 4. The van der Waals surface area contributed by atoms with Gasteiger partial charge in [0, 0.05) is 24.3 Å². The first-order chi connectivity index (χ1) is 10.8. The Kier molecular flexibility index (Phi) is 5.99. The third-order valence-electron chi connectivity index (χ3n) is 4.07. The van der Waals surface area contributed by atoms with Crippen LogP contribution in [0.4, 0.5) is 4.79 Å². The van der Waals surface area contributed by atoms with E-state index in [4.69, 9.17) is 4.74 Å². The van der Waals surface area contributed by atoms with Gasteiger partial charge in [-0.05, 0) is 65.5 Å². The molecule has 1 fully saturated rings. The molecule has 1 aromatic heterocycles. The average Bonchev–Trinajstić information content (AvgIpc) is 2.48. The van der Waals surface area contributed by atoms with Crippen LogP contribution in [-0.4, -0.2) is 28.8 Å². The first-order valence-corrected chi connectivity index (χ1v) is 8.50. The monoisotopic (exact) mass is 319 g/mol. The van der Waals surface area contributed by atoms with Crippen LogP contribution in [-0.2, 0) is 4.74 Å². The number of hydrogen-bond acceptors (Lipinski definition) is 4. The van der Waals surface area contributed by atoms with Crippen molar-refractivity contribution in [2.75, 3.05) is 0 Å². The standard InChI is InChI=1S/C18H29N3O2/c1-13(16-7-5-6-12-19-16)20-14-8-10-15(11-9-14)21-17(22)23-18(2,3)4/h5-7,12-15,20H,8-11H2,1-4H3,(H,21,22)/t13-,14?,15?/m0/s1. The highest BCUT2D eigenvalue weighted by molar-refractivity contribution is 5.68. The van der Waals surface area contributed by atoms with E-state index in [2.05, 4.69) is 22.5 Å². The summed E-state index contributed by atoms with van der Waals surface area (Å²) >= 11 is 0. The van der Waals surface area contributed by atoms with Crippen LogP contribution in [0.25, 0.3) is 0 Å². The molecule has 1 atom stereocenters. The summed E-state index contributed by atoms with van der Waals surface area (Å²) in [5, 5.41) is 6.62. The molecule has 5 nitrogen and oxygen atoms in total. The second kappa shape index (κ2) is 7.77. The molecule has 0 unspecified atom stereocenters. The van der Waals surface area contributed by atoms with E-state index in [1.807, 2.05) is 45.2 Å². The van der Waals surface area contributed by atoms with E-state index in [0.29, 0.717) is 6.04 Å². The van der Waals surface area contributed by atoms with Crippen LogP contribution in [0.1, 0.15) is 65.1 Å². The van der Waals surface area contributed by atoms with Gasteiger partial charge in [-0.3, -0.25) is 4.98 Å². The van der Waals surface area contributed by atoms with Gasteiger partial charge in [-0.1, -0.05) is 6.07 Å². The van der Waals surface area contributed by atoms with Gasteiger partial charge in [-0.15, -0.1) is 0 Å². The minimum Gasteiger partial charge on any atom is -0.444 e. The summed E-state index contributed by atoms with van der Waals surface area (Å²) < 4.78 is 5.32. The summed E-state index contributed by atoms with van der Waals surface area (Å²) in [6.45, 7) is 7.79. The molecule has 2 rings (SSSR count). The molecule has 5 heteroatoms. The summed E-state index contributed by atoms with van der Waals surface area (Å²) in [4.78, 5) is 16.2. The predicted octanol–water partition coefficient (Wildman–Crippen LogP) is 3.57. The van der Waals surface area contributed by atoms with Crippen molar-refractivity contribution in [3.63, 3.8) is 0 Å². The van der Waals surface area contributed by atoms with Gasteiger partial charge >= 0.3 is 6.09 Å². The lowest BCUT2D eigenvalue weighted by molar-refractivity contribution is 0.0489. The highest BCUT2D eigenvalue weighted by Crippen LogP contribution is 2.22. The van der Waals surface area contributed by atoms with Gasteiger partial charge in [0.25, 0.3) is 0 Å². The Morgan fingerprint density at radius 2 is 1.87 bits per heavy atom. The van der Waals surface area contributed by atoms with Crippen LogP contribution >= 0.6 is 0 Å². The number of hydrogen-bond donors (Lipinski definition) is 2. The Hall–Kier alpha value is -1.62. The molecule has 1 saturated carbocycles. The second-order valence-corrected chi connectivity index (χ2v) is 7.34. The van der Waals surface area contributed by atoms with E-state index < -0.39 is 5.60 Å². The van der Waals surface area contributed by atoms with E-state index >= 15 is 0 Å². The molecule has 1 heterocycles. The maximum atomic E-state index is 11.8. The van der Waals surface area contributed by atoms with E-state index in [0.717, 1.165) is 31.4 Å². The lowest BCUT2D eigenvalue weighted by Crippen LogP contribution is -2.44. The lowest BCUT2D eigenvalue weighted by atomic mass is 9.90. The zero-order valence-electron chi connectivity index (χ0n) is 14.6. The van der Waals surface area contributed by atoms with Crippen LogP contribution in [0.3, 0.4) is 0 Å². The van der Waals surface area contributed by atoms with Gasteiger partial charge in [0.1, 0.15) is 5.60 Å². The van der Waals surface area contributed by atoms with Crippen molar-refractivity contribution in [3.8, 4) is 0 Å². The third kappa shape index (κ3) is 6.18. The van der Waals surface area contributed by atoms with Crippen molar-refractivity contribution in [2.24, 2.45) is 0 Å². The topological polar surface area (TPSA) is 63.2 Å². The van der Waals surface area contributed by atoms with Crippen molar-refractivity contribution in [1.29, 1.82) is 0 Å². The summed E-state index contributed by atoms with van der Waals surface area (Å²) in [5.41, 5.74) is 0.627. The molecule has 23 heavy (non-hydrogen) atoms. The Balaban J connectivity index is 1.73. The molecule has 1 amide bonds. The predicted molar refractivity (Wildman–Crippen MR) is 91.2 cm³/mol. The number of pyridine rings is 1. The highest BCUT2D eigenvalue weighted by atomic mass is 16.6. The zero-order chi connectivity index (χ0) is 16.9. The molecule has 0 spiro atoms. The Bertz CT molecular complexity index is 491. The third-order valence-corrected chi connectivity index (χ3v) is 4.07. The molecule has 1 aliphatic carbocycles. The van der Waals surface area contributed by atoms with Crippen LogP contribution in [0.5, 0.6) is 0 Å². The molecule has 1 aromatic rings. The molecule has 0 aromatic carbocycles. The molecular formula is C18H29N3O2. The van der Waals surface area contributed by atoms with Crippen molar-refractivity contribution in [1.82, 2.24) is 15.6 Å². The number of nitrogens with one attached hydrogen (secondary N) is 2. The summed E-state index contributed by atoms with van der Waals surface area (Å²) in [6.07, 6.45) is 5.58. The van der Waals surface area contributed by atoms with Crippen LogP contribution in [0.2, 0.25) is 0 Å². The summed E-state index contributed by atoms with van der Waals surface area (Å²) in [5.74, 6) is 0. The maximum Gasteiger partial charge on any atom is 0.407 e. The van der Waals surface area contributed by atoms with E-state index in [9.17, 15) is 4.79 Å². The van der Waals surface area contributed by atoms with Crippen molar-refractivity contribution in [2.45, 2.75) is 77.1 Å². The molecule has 0 saturated heterocycles. The number of nitrogens with zero attached hydrogens (tertiary/aromatic N) is 1. The number of alkyl carbamates (subject to hydrolysis) is 1. The quantitative estimate of drug-likeness (QED) is 0.890. The Morgan fingerprint density at radius 3 is 2.43 bits per heavy atom. The molecule has 0 bridgehead atoms. The van der Waals surface area contributed by atoms with Gasteiger partial charge in [0.2, 0.25) is 0 Å². The highest BCUT2D eigenvalue weighted by Gasteiger charge is 2.25. The van der Waals surface area contributed by atoms with E-state index in [1.165, 1.54) is 0 Å². The van der Waals surface area contributed by atoms with E-state index in [-0.39, 0.29) is 18.2 Å². The molecule has 128 valence electrons. The van der Waals surface area contributed by atoms with Crippen molar-refractivity contribution < 1.29 is 9.53 Å². The Morgan fingerprint density at radius 1 is 1.22 bits per heavy atom. The summed E-state index contributed by atoms with van der Waals surface area (Å²) in [6, 6.07) is 6.94. The number of carbonyl (C=O) groups excluding carboxylic acids is 1. The van der Waals surface area contributed by atoms with Crippen LogP contribution in [0, 0.1) is 0 Å². The van der Waals surface area contributed by atoms with Crippen molar-refractivity contribution >= 4 is 6.09 Å². The first kappa shape index (κ1) is 17.7. The minimum absolute atomic E-state index is 0.216. The largest absolute Gasteiger partial charge is 0.444 e. The molecule has 0 radical (unpaired) electrons. The second-order valence-electron chi connectivity index (χ2n) is 7.34. The minimum atomic E-state index is -0.443. The summed E-state index contributed by atoms with van der Waals surface area (Å²) in [7, 11) is 0. The average molecular weight is 319 g/mol. The van der Waals surface area contributed by atoms with Gasteiger partial charge in [-0.25, -0.2) is 4.79 Å². The zero-order valence-corrected chi connectivity index (χ0v) is 14.6. The Labute approximate surface area is 139 Å². The van der Waals surface area contributed by atoms with Gasteiger partial charge in [-0.2, -0.15) is 0 Å². The number of amides is 1. The van der Waals surface area contributed by atoms with Gasteiger partial charge in [0.15, 0.2) is 0 Å². The molecule has 0 aliphatic heterocycles. The number of ether oxygens (including phenoxy) is 1. The lowest BCUT2D eigenvalue weighted by Gasteiger charge is -2.32. The van der Waals surface area contributed by atoms with Crippen LogP contribution in [0.15, 0.2) is 24.4 Å². The fraction of sp³-hybridized carbons (Fsp3) is 0.667. The SMILES string of the molecule is C[C@H](NC1CCC(NC(=O)OC(C)(C)C)CC1)c1ccccn1. The maximum absolute atomic E-state index is 11.8. The van der Waals surface area contributed by atoms with Crippen molar-refractivity contribution in [3.05, 3.63) is 30.1 Å². The van der Waals surface area contributed by atoms with Gasteiger partial charge < -0.3 is 15.4 Å². The first-order valence-electron chi connectivity index (χ1n) is 8.50. The smallest absolute Gasteiger partial charge is 0.407 e. The van der Waals surface area contributed by atoms with Crippen LogP contribution < -0.4 is 10.6 Å². The van der Waals surface area contributed by atoms with Gasteiger partial charge in [0.05, 0.1) is 5.69 Å². The molecular weight excluding hydrogens is 290 g/mol. The van der Waals surface area contributed by atoms with E-state index in [1.54, 1.807) is 0 Å². The number of carbonyl (C=O) groups is 1. The number of aromatic nitrogens is 1. The fourth-order valence-electron chi connectivity index (χ4n) is 2.95.